The molecule has 2 heterocycles. The molecule has 1 N–H and O–H groups in total. The van der Waals surface area contributed by atoms with Crippen LogP contribution in [0.1, 0.15) is 5.56 Å². The predicted molar refractivity (Wildman–Crippen MR) is 117 cm³/mol. The Kier molecular flexibility index (Phi) is 5.91. The fourth-order valence-corrected chi connectivity index (χ4v) is 3.39. The van der Waals surface area contributed by atoms with Gasteiger partial charge in [0.1, 0.15) is 11.6 Å². The second-order valence-corrected chi connectivity index (χ2v) is 7.29. The smallest absolute Gasteiger partial charge is 0.225 e. The summed E-state index contributed by atoms with van der Waals surface area (Å²) in [6.07, 6.45) is 0. The number of hydrogen-bond donors (Lipinski definition) is 1. The molecule has 150 valence electrons. The second-order valence-electron chi connectivity index (χ2n) is 7.29. The maximum absolute atomic E-state index is 5.23. The molecule has 1 aromatic heterocycles. The lowest BCUT2D eigenvalue weighted by Gasteiger charge is -2.33. The summed E-state index contributed by atoms with van der Waals surface area (Å²) in [7, 11) is 3.84. The van der Waals surface area contributed by atoms with Crippen LogP contribution in [0.3, 0.4) is 0 Å². The van der Waals surface area contributed by atoms with Gasteiger partial charge in [0.05, 0.1) is 12.8 Å². The minimum atomic E-state index is 0.649. The van der Waals surface area contributed by atoms with E-state index in [1.807, 2.05) is 42.5 Å². The highest BCUT2D eigenvalue weighted by Crippen LogP contribution is 2.24. The van der Waals surface area contributed by atoms with Crippen molar-refractivity contribution in [2.24, 2.45) is 0 Å². The standard InChI is InChI=1S/C23H27N5O/c1-27-12-14-28(15-13-27)22-16-21(19-6-4-3-5-7-19)25-23(26-22)24-17-18-8-10-20(29-2)11-9-18/h3-11,16H,12-15,17H2,1-2H3,(H,24,25,26). The number of nitrogens with one attached hydrogen (secondary N) is 1. The van der Waals surface area contributed by atoms with Gasteiger partial charge in [-0.05, 0) is 24.7 Å². The number of rotatable bonds is 6. The number of ether oxygens (including phenoxy) is 1. The van der Waals surface area contributed by atoms with E-state index in [2.05, 4.69) is 40.4 Å². The summed E-state index contributed by atoms with van der Waals surface area (Å²) in [4.78, 5) is 14.3. The van der Waals surface area contributed by atoms with Gasteiger partial charge in [-0.2, -0.15) is 4.98 Å². The molecular formula is C23H27N5O. The van der Waals surface area contributed by atoms with Gasteiger partial charge in [0.25, 0.3) is 0 Å². The van der Waals surface area contributed by atoms with Crippen molar-refractivity contribution in [2.75, 3.05) is 50.6 Å². The Morgan fingerprint density at radius 1 is 0.931 bits per heavy atom. The number of benzene rings is 2. The molecule has 0 aliphatic carbocycles. The lowest BCUT2D eigenvalue weighted by Crippen LogP contribution is -2.44. The van der Waals surface area contributed by atoms with Gasteiger partial charge >= 0.3 is 0 Å². The number of piperazine rings is 1. The van der Waals surface area contributed by atoms with E-state index in [0.717, 1.165) is 54.6 Å². The zero-order valence-electron chi connectivity index (χ0n) is 17.0. The Morgan fingerprint density at radius 3 is 2.34 bits per heavy atom. The van der Waals surface area contributed by atoms with Crippen LogP contribution < -0.4 is 15.0 Å². The highest BCUT2D eigenvalue weighted by atomic mass is 16.5. The highest BCUT2D eigenvalue weighted by Gasteiger charge is 2.17. The van der Waals surface area contributed by atoms with E-state index < -0.39 is 0 Å². The largest absolute Gasteiger partial charge is 0.497 e. The molecule has 2 aromatic carbocycles. The lowest BCUT2D eigenvalue weighted by molar-refractivity contribution is 0.312. The predicted octanol–water partition coefficient (Wildman–Crippen LogP) is 3.52. The first-order valence-electron chi connectivity index (χ1n) is 9.96. The third-order valence-corrected chi connectivity index (χ3v) is 5.22. The van der Waals surface area contributed by atoms with Crippen molar-refractivity contribution in [3.63, 3.8) is 0 Å². The van der Waals surface area contributed by atoms with Crippen molar-refractivity contribution < 1.29 is 4.74 Å². The molecule has 0 bridgehead atoms. The second kappa shape index (κ2) is 8.92. The molecule has 0 atom stereocenters. The minimum absolute atomic E-state index is 0.649. The number of likely N-dealkylation sites (N-methyl/N-ethyl adjacent to an activating group) is 1. The average molecular weight is 390 g/mol. The van der Waals surface area contributed by atoms with Crippen LogP contribution in [-0.4, -0.2) is 55.2 Å². The van der Waals surface area contributed by atoms with Crippen molar-refractivity contribution in [2.45, 2.75) is 6.54 Å². The first-order chi connectivity index (χ1) is 14.2. The van der Waals surface area contributed by atoms with Crippen LogP contribution in [0.2, 0.25) is 0 Å². The minimum Gasteiger partial charge on any atom is -0.497 e. The lowest BCUT2D eigenvalue weighted by atomic mass is 10.1. The number of anilines is 2. The molecule has 0 spiro atoms. The van der Waals surface area contributed by atoms with Gasteiger partial charge in [-0.25, -0.2) is 4.98 Å². The van der Waals surface area contributed by atoms with Crippen LogP contribution in [0.15, 0.2) is 60.7 Å². The Bertz CT molecular complexity index is 922. The Hall–Kier alpha value is -3.12. The number of nitrogens with zero attached hydrogens (tertiary/aromatic N) is 4. The van der Waals surface area contributed by atoms with Gasteiger partial charge in [-0.15, -0.1) is 0 Å². The van der Waals surface area contributed by atoms with E-state index in [0.29, 0.717) is 12.5 Å². The maximum atomic E-state index is 5.23. The normalized spacial score (nSPS) is 14.6. The van der Waals surface area contributed by atoms with Crippen molar-refractivity contribution in [3.05, 3.63) is 66.2 Å². The first kappa shape index (κ1) is 19.2. The number of aromatic nitrogens is 2. The first-order valence-corrected chi connectivity index (χ1v) is 9.96. The zero-order valence-corrected chi connectivity index (χ0v) is 17.0. The quantitative estimate of drug-likeness (QED) is 0.696. The fourth-order valence-electron chi connectivity index (χ4n) is 3.39. The van der Waals surface area contributed by atoms with Crippen LogP contribution in [0.4, 0.5) is 11.8 Å². The molecule has 0 unspecified atom stereocenters. The molecule has 1 aliphatic rings. The maximum Gasteiger partial charge on any atom is 0.225 e. The molecule has 1 aliphatic heterocycles. The van der Waals surface area contributed by atoms with Gasteiger partial charge in [-0.1, -0.05) is 42.5 Å². The van der Waals surface area contributed by atoms with Crippen LogP contribution in [0.25, 0.3) is 11.3 Å². The van der Waals surface area contributed by atoms with Crippen LogP contribution in [-0.2, 0) is 6.54 Å². The fraction of sp³-hybridized carbons (Fsp3) is 0.304. The highest BCUT2D eigenvalue weighted by molar-refractivity contribution is 5.65. The van der Waals surface area contributed by atoms with Gasteiger partial charge < -0.3 is 19.9 Å². The third kappa shape index (κ3) is 4.84. The van der Waals surface area contributed by atoms with Gasteiger partial charge in [0.15, 0.2) is 0 Å². The van der Waals surface area contributed by atoms with E-state index in [1.54, 1.807) is 7.11 Å². The Labute approximate surface area is 172 Å². The van der Waals surface area contributed by atoms with Crippen molar-refractivity contribution in [1.82, 2.24) is 14.9 Å². The average Bonchev–Trinajstić information content (AvgIpc) is 2.79. The van der Waals surface area contributed by atoms with E-state index in [9.17, 15) is 0 Å². The molecule has 0 amide bonds. The summed E-state index contributed by atoms with van der Waals surface area (Å²) in [5.41, 5.74) is 3.19. The molecule has 3 aromatic rings. The molecule has 1 saturated heterocycles. The van der Waals surface area contributed by atoms with Crippen molar-refractivity contribution in [1.29, 1.82) is 0 Å². The van der Waals surface area contributed by atoms with E-state index in [-0.39, 0.29) is 0 Å². The van der Waals surface area contributed by atoms with E-state index in [4.69, 9.17) is 14.7 Å². The summed E-state index contributed by atoms with van der Waals surface area (Å²) in [6, 6.07) is 20.4. The molecular weight excluding hydrogens is 362 g/mol. The van der Waals surface area contributed by atoms with Crippen molar-refractivity contribution in [3.8, 4) is 17.0 Å². The molecule has 6 heteroatoms. The summed E-state index contributed by atoms with van der Waals surface area (Å²) >= 11 is 0. The summed E-state index contributed by atoms with van der Waals surface area (Å²) < 4.78 is 5.23. The SMILES string of the molecule is COc1ccc(CNc2nc(-c3ccccc3)cc(N3CCN(C)CC3)n2)cc1. The van der Waals surface area contributed by atoms with E-state index in [1.165, 1.54) is 0 Å². The van der Waals surface area contributed by atoms with Crippen LogP contribution >= 0.6 is 0 Å². The Balaban J connectivity index is 1.58. The van der Waals surface area contributed by atoms with Crippen LogP contribution in [0.5, 0.6) is 5.75 Å². The van der Waals surface area contributed by atoms with E-state index >= 15 is 0 Å². The third-order valence-electron chi connectivity index (χ3n) is 5.22. The van der Waals surface area contributed by atoms with Gasteiger partial charge in [0, 0.05) is 44.4 Å². The molecule has 29 heavy (non-hydrogen) atoms. The monoisotopic (exact) mass is 389 g/mol. The summed E-state index contributed by atoms with van der Waals surface area (Å²) in [6.45, 7) is 4.68. The molecule has 0 saturated carbocycles. The van der Waals surface area contributed by atoms with Gasteiger partial charge in [0.2, 0.25) is 5.95 Å². The topological polar surface area (TPSA) is 53.5 Å². The van der Waals surface area contributed by atoms with Gasteiger partial charge in [-0.3, -0.25) is 0 Å². The molecule has 6 nitrogen and oxygen atoms in total. The number of methoxy groups -OCH3 is 1. The van der Waals surface area contributed by atoms with Crippen molar-refractivity contribution >= 4 is 11.8 Å². The molecule has 4 rings (SSSR count). The zero-order chi connectivity index (χ0) is 20.1. The molecule has 0 radical (unpaired) electrons. The Morgan fingerprint density at radius 2 is 1.66 bits per heavy atom. The number of hydrogen-bond acceptors (Lipinski definition) is 6. The summed E-state index contributed by atoms with van der Waals surface area (Å²) in [5, 5.41) is 3.40. The molecule has 1 fully saturated rings. The van der Waals surface area contributed by atoms with Crippen LogP contribution in [0, 0.1) is 0 Å². The summed E-state index contributed by atoms with van der Waals surface area (Å²) in [5.74, 6) is 2.48.